The van der Waals surface area contributed by atoms with Crippen LogP contribution in [-0.4, -0.2) is 22.7 Å². The van der Waals surface area contributed by atoms with Crippen LogP contribution in [0.4, 0.5) is 5.69 Å². The van der Waals surface area contributed by atoms with Gasteiger partial charge in [0.25, 0.3) is 0 Å². The number of aliphatic hydroxyl groups excluding tert-OH is 1. The van der Waals surface area contributed by atoms with Crippen LogP contribution in [0.5, 0.6) is 0 Å². The van der Waals surface area contributed by atoms with Gasteiger partial charge in [-0.25, -0.2) is 0 Å². The van der Waals surface area contributed by atoms with Crippen molar-refractivity contribution in [3.05, 3.63) is 23.5 Å². The number of piperidine rings is 1. The van der Waals surface area contributed by atoms with Gasteiger partial charge in [0.1, 0.15) is 0 Å². The minimum absolute atomic E-state index is 0.0641. The average Bonchev–Trinajstić information content (AvgIpc) is 2.33. The number of anilines is 1. The van der Waals surface area contributed by atoms with E-state index >= 15 is 0 Å². The molecule has 1 aromatic heterocycles. The number of aromatic nitrogens is 1. The molecule has 1 aliphatic heterocycles. The second kappa shape index (κ2) is 5.27. The Bertz CT molecular complexity index is 419. The van der Waals surface area contributed by atoms with Gasteiger partial charge in [0, 0.05) is 35.7 Å². The molecule has 0 spiro atoms. The van der Waals surface area contributed by atoms with Gasteiger partial charge in [-0.15, -0.1) is 0 Å². The predicted octanol–water partition coefficient (Wildman–Crippen LogP) is 2.75. The zero-order chi connectivity index (χ0) is 13.3. The summed E-state index contributed by atoms with van der Waals surface area (Å²) in [6.07, 6.45) is 3.09. The van der Waals surface area contributed by atoms with Crippen molar-refractivity contribution < 1.29 is 5.11 Å². The van der Waals surface area contributed by atoms with Gasteiger partial charge in [0.15, 0.2) is 0 Å². The minimum Gasteiger partial charge on any atom is -0.392 e. The fourth-order valence-corrected chi connectivity index (χ4v) is 3.00. The summed E-state index contributed by atoms with van der Waals surface area (Å²) < 4.78 is 0. The summed E-state index contributed by atoms with van der Waals surface area (Å²) in [4.78, 5) is 6.73. The largest absolute Gasteiger partial charge is 0.392 e. The number of rotatable bonds is 2. The highest BCUT2D eigenvalue weighted by atomic mass is 16.3. The average molecular weight is 248 g/mol. The zero-order valence-electron chi connectivity index (χ0n) is 11.8. The Balaban J connectivity index is 2.37. The molecule has 3 unspecified atom stereocenters. The van der Waals surface area contributed by atoms with Crippen molar-refractivity contribution in [2.45, 2.75) is 46.8 Å². The monoisotopic (exact) mass is 248 g/mol. The number of aliphatic hydroxyl groups is 1. The molecule has 3 heteroatoms. The van der Waals surface area contributed by atoms with Crippen molar-refractivity contribution in [3.8, 4) is 0 Å². The number of hydrogen-bond acceptors (Lipinski definition) is 3. The molecule has 0 aliphatic carbocycles. The Kier molecular flexibility index (Phi) is 3.91. The lowest BCUT2D eigenvalue weighted by atomic mass is 9.85. The molecule has 0 amide bonds. The fourth-order valence-electron chi connectivity index (χ4n) is 3.00. The van der Waals surface area contributed by atoms with E-state index in [-0.39, 0.29) is 6.61 Å². The van der Waals surface area contributed by atoms with E-state index in [1.54, 1.807) is 6.20 Å². The van der Waals surface area contributed by atoms with E-state index in [0.717, 1.165) is 23.5 Å². The van der Waals surface area contributed by atoms with Gasteiger partial charge >= 0.3 is 0 Å². The molecule has 3 nitrogen and oxygen atoms in total. The molecular formula is C15H24N2O. The first-order valence-corrected chi connectivity index (χ1v) is 6.86. The molecule has 100 valence electrons. The Morgan fingerprint density at radius 2 is 2.11 bits per heavy atom. The summed E-state index contributed by atoms with van der Waals surface area (Å²) in [6, 6.07) is 2.63. The summed E-state index contributed by atoms with van der Waals surface area (Å²) >= 11 is 0. The van der Waals surface area contributed by atoms with Crippen LogP contribution in [0.25, 0.3) is 0 Å². The molecule has 2 rings (SSSR count). The summed E-state index contributed by atoms with van der Waals surface area (Å²) in [5, 5.41) is 9.49. The van der Waals surface area contributed by atoms with Crippen molar-refractivity contribution in [1.29, 1.82) is 0 Å². The number of pyridine rings is 1. The third-order valence-electron chi connectivity index (χ3n) is 4.18. The normalized spacial score (nSPS) is 28.5. The van der Waals surface area contributed by atoms with Crippen LogP contribution in [0.3, 0.4) is 0 Å². The van der Waals surface area contributed by atoms with Crippen molar-refractivity contribution >= 4 is 5.69 Å². The summed E-state index contributed by atoms with van der Waals surface area (Å²) in [7, 11) is 0. The van der Waals surface area contributed by atoms with Crippen molar-refractivity contribution in [2.24, 2.45) is 11.8 Å². The first-order chi connectivity index (χ1) is 8.52. The molecule has 0 saturated carbocycles. The third-order valence-corrected chi connectivity index (χ3v) is 4.18. The van der Waals surface area contributed by atoms with E-state index in [4.69, 9.17) is 0 Å². The Morgan fingerprint density at radius 1 is 1.39 bits per heavy atom. The number of aryl methyl sites for hydroxylation is 1. The lowest BCUT2D eigenvalue weighted by Gasteiger charge is -2.43. The van der Waals surface area contributed by atoms with Crippen LogP contribution in [0.2, 0.25) is 0 Å². The SMILES string of the molecule is Cc1cc(N2CC(C)CC(C)C2C)c(CO)cn1. The van der Waals surface area contributed by atoms with Crippen LogP contribution in [0.1, 0.15) is 38.4 Å². The maximum atomic E-state index is 9.49. The van der Waals surface area contributed by atoms with Gasteiger partial charge in [-0.2, -0.15) is 0 Å². The lowest BCUT2D eigenvalue weighted by molar-refractivity contribution is 0.275. The molecule has 1 aliphatic rings. The number of nitrogens with zero attached hydrogens (tertiary/aromatic N) is 2. The van der Waals surface area contributed by atoms with Gasteiger partial charge in [-0.3, -0.25) is 4.98 Å². The maximum absolute atomic E-state index is 9.49. The van der Waals surface area contributed by atoms with Gasteiger partial charge in [0.05, 0.1) is 6.61 Å². The quantitative estimate of drug-likeness (QED) is 0.874. The molecule has 0 bridgehead atoms. The first kappa shape index (κ1) is 13.3. The van der Waals surface area contributed by atoms with E-state index in [0.29, 0.717) is 17.9 Å². The maximum Gasteiger partial charge on any atom is 0.0717 e. The van der Waals surface area contributed by atoms with E-state index in [1.807, 2.05) is 6.92 Å². The van der Waals surface area contributed by atoms with Crippen LogP contribution >= 0.6 is 0 Å². The third kappa shape index (κ3) is 2.51. The van der Waals surface area contributed by atoms with Crippen molar-refractivity contribution in [2.75, 3.05) is 11.4 Å². The second-order valence-electron chi connectivity index (χ2n) is 5.82. The van der Waals surface area contributed by atoms with Crippen LogP contribution in [0, 0.1) is 18.8 Å². The molecular weight excluding hydrogens is 224 g/mol. The highest BCUT2D eigenvalue weighted by molar-refractivity contribution is 5.54. The Morgan fingerprint density at radius 3 is 2.78 bits per heavy atom. The van der Waals surface area contributed by atoms with E-state index in [9.17, 15) is 5.11 Å². The Labute approximate surface area is 110 Å². The predicted molar refractivity (Wildman–Crippen MR) is 74.6 cm³/mol. The second-order valence-corrected chi connectivity index (χ2v) is 5.82. The smallest absolute Gasteiger partial charge is 0.0717 e. The molecule has 1 N–H and O–H groups in total. The molecule has 18 heavy (non-hydrogen) atoms. The standard InChI is InChI=1S/C15H24N2O/c1-10-5-11(2)13(4)17(8-10)15-6-12(3)16-7-14(15)9-18/h6-7,10-11,13,18H,5,8-9H2,1-4H3. The zero-order valence-corrected chi connectivity index (χ0v) is 11.8. The number of hydrogen-bond donors (Lipinski definition) is 1. The fraction of sp³-hybridized carbons (Fsp3) is 0.667. The first-order valence-electron chi connectivity index (χ1n) is 6.86. The summed E-state index contributed by atoms with van der Waals surface area (Å²) in [5.41, 5.74) is 3.12. The van der Waals surface area contributed by atoms with Gasteiger partial charge in [-0.05, 0) is 38.2 Å². The van der Waals surface area contributed by atoms with E-state index < -0.39 is 0 Å². The molecule has 2 heterocycles. The van der Waals surface area contributed by atoms with Crippen LogP contribution in [0.15, 0.2) is 12.3 Å². The molecule has 1 saturated heterocycles. The van der Waals surface area contributed by atoms with Crippen LogP contribution < -0.4 is 4.90 Å². The topological polar surface area (TPSA) is 36.4 Å². The molecule has 0 aromatic carbocycles. The van der Waals surface area contributed by atoms with Crippen molar-refractivity contribution in [1.82, 2.24) is 4.98 Å². The van der Waals surface area contributed by atoms with Gasteiger partial charge in [0.2, 0.25) is 0 Å². The molecule has 1 fully saturated rings. The van der Waals surface area contributed by atoms with E-state index in [2.05, 4.69) is 36.7 Å². The lowest BCUT2D eigenvalue weighted by Crippen LogP contribution is -2.46. The molecule has 1 aromatic rings. The Hall–Kier alpha value is -1.09. The van der Waals surface area contributed by atoms with Crippen LogP contribution in [-0.2, 0) is 6.61 Å². The van der Waals surface area contributed by atoms with E-state index in [1.165, 1.54) is 6.42 Å². The summed E-state index contributed by atoms with van der Waals surface area (Å²) in [5.74, 6) is 1.39. The van der Waals surface area contributed by atoms with Crippen molar-refractivity contribution in [3.63, 3.8) is 0 Å². The molecule has 0 radical (unpaired) electrons. The highest BCUT2D eigenvalue weighted by Gasteiger charge is 2.30. The minimum atomic E-state index is 0.0641. The molecule has 3 atom stereocenters. The van der Waals surface area contributed by atoms with Gasteiger partial charge in [-0.1, -0.05) is 13.8 Å². The summed E-state index contributed by atoms with van der Waals surface area (Å²) in [6.45, 7) is 10.1. The highest BCUT2D eigenvalue weighted by Crippen LogP contribution is 2.33. The van der Waals surface area contributed by atoms with Gasteiger partial charge < -0.3 is 10.0 Å².